The first-order valence-electron chi connectivity index (χ1n) is 18.2. The average Bonchev–Trinajstić information content (AvgIpc) is 4.03. The van der Waals surface area contributed by atoms with Crippen LogP contribution in [0.2, 0.25) is 0 Å². The second-order valence-electron chi connectivity index (χ2n) is 14.1. The van der Waals surface area contributed by atoms with E-state index in [0.717, 1.165) is 51.4 Å². The summed E-state index contributed by atoms with van der Waals surface area (Å²) in [5.41, 5.74) is 3.23. The number of aromatic nitrogens is 4. The number of H-pyrrole nitrogens is 2. The number of aliphatic hydroxyl groups is 2. The Morgan fingerprint density at radius 2 is 1.31 bits per heavy atom. The Bertz CT molecular complexity index is 2010. The number of hydrogen-bond acceptors (Lipinski definition) is 9. The summed E-state index contributed by atoms with van der Waals surface area (Å²) in [6.07, 6.45) is 4.84. The number of carbonyl (C=O) groups excluding carboxylic acids is 3. The van der Waals surface area contributed by atoms with Gasteiger partial charge in [0.25, 0.3) is 0 Å². The Hall–Kier alpha value is -5.74. The van der Waals surface area contributed by atoms with E-state index in [1.54, 1.807) is 22.2 Å². The summed E-state index contributed by atoms with van der Waals surface area (Å²) >= 11 is 0. The fourth-order valence-electron chi connectivity index (χ4n) is 7.77. The molecule has 3 saturated heterocycles. The van der Waals surface area contributed by atoms with E-state index in [2.05, 4.69) is 30.0 Å². The van der Waals surface area contributed by atoms with E-state index >= 15 is 0 Å². The number of aromatic amines is 2. The van der Waals surface area contributed by atoms with Crippen molar-refractivity contribution in [3.05, 3.63) is 72.6 Å². The summed E-state index contributed by atoms with van der Waals surface area (Å²) in [6, 6.07) is 13.7. The predicted molar refractivity (Wildman–Crippen MR) is 194 cm³/mol. The molecule has 5 heterocycles. The first-order valence-corrected chi connectivity index (χ1v) is 18.2. The lowest BCUT2D eigenvalue weighted by molar-refractivity contribution is -0.172. The molecule has 6 N–H and O–H groups in total. The van der Waals surface area contributed by atoms with E-state index in [9.17, 15) is 34.5 Å². The molecule has 2 aromatic heterocycles. The number of nitrogens with one attached hydrogen (secondary N) is 3. The van der Waals surface area contributed by atoms with Gasteiger partial charge in [-0.05, 0) is 61.3 Å². The fraction of sp³-hybridized carbons (Fsp3) is 0.421. The highest BCUT2D eigenvalue weighted by molar-refractivity contribution is 5.87. The maximum absolute atomic E-state index is 13.4. The first kappa shape index (κ1) is 36.6. The Balaban J connectivity index is 1.00. The molecule has 0 saturated carbocycles. The average molecular weight is 741 g/mol. The predicted octanol–water partition coefficient (Wildman–Crippen LogP) is 4.03. The summed E-state index contributed by atoms with van der Waals surface area (Å²) in [6.45, 7) is 2.55. The van der Waals surface area contributed by atoms with E-state index in [1.165, 1.54) is 14.0 Å². The molecule has 7 rings (SSSR count). The number of ether oxygens (including phenoxy) is 1. The number of urea groups is 1. The quantitative estimate of drug-likeness (QED) is 0.145. The summed E-state index contributed by atoms with van der Waals surface area (Å²) in [5, 5.41) is 32.9. The lowest BCUT2D eigenvalue weighted by atomic mass is 10.0. The molecule has 5 atom stereocenters. The molecule has 0 aliphatic carbocycles. The Kier molecular flexibility index (Phi) is 10.1. The van der Waals surface area contributed by atoms with Gasteiger partial charge >= 0.3 is 18.1 Å². The fourth-order valence-corrected chi connectivity index (χ4v) is 7.77. The minimum Gasteiger partial charge on any atom is -0.478 e. The summed E-state index contributed by atoms with van der Waals surface area (Å²) < 4.78 is 4.63. The topological polar surface area (TPSA) is 217 Å². The van der Waals surface area contributed by atoms with E-state index in [-0.39, 0.29) is 25.0 Å². The molecule has 0 bridgehead atoms. The van der Waals surface area contributed by atoms with Crippen molar-refractivity contribution in [3.8, 4) is 33.6 Å². The van der Waals surface area contributed by atoms with Crippen LogP contribution < -0.4 is 5.32 Å². The number of carboxylic acids is 1. The number of rotatable bonds is 9. The second-order valence-corrected chi connectivity index (χ2v) is 14.1. The van der Waals surface area contributed by atoms with Crippen molar-refractivity contribution in [1.29, 1.82) is 0 Å². The van der Waals surface area contributed by atoms with Gasteiger partial charge in [-0.25, -0.2) is 24.4 Å². The first-order chi connectivity index (χ1) is 26.0. The van der Waals surface area contributed by atoms with Crippen LogP contribution in [0.25, 0.3) is 33.6 Å². The van der Waals surface area contributed by atoms with Gasteiger partial charge in [-0.15, -0.1) is 0 Å². The maximum Gasteiger partial charge on any atom is 0.407 e. The van der Waals surface area contributed by atoms with Gasteiger partial charge in [-0.2, -0.15) is 0 Å². The van der Waals surface area contributed by atoms with Gasteiger partial charge in [-0.3, -0.25) is 9.69 Å². The molecular formula is C38H44N8O8. The molecular weight excluding hydrogens is 696 g/mol. The van der Waals surface area contributed by atoms with Crippen LogP contribution in [-0.2, 0) is 14.3 Å². The van der Waals surface area contributed by atoms with Crippen LogP contribution in [0.1, 0.15) is 69.2 Å². The molecule has 16 nitrogen and oxygen atoms in total. The minimum absolute atomic E-state index is 0.000337. The number of carboxylic acid groups (broad SMARTS) is 1. The van der Waals surface area contributed by atoms with Crippen molar-refractivity contribution in [2.45, 2.75) is 75.4 Å². The summed E-state index contributed by atoms with van der Waals surface area (Å²) in [5.74, 6) is -0.575. The van der Waals surface area contributed by atoms with Crippen molar-refractivity contribution in [2.75, 3.05) is 26.7 Å². The Morgan fingerprint density at radius 1 is 0.815 bits per heavy atom. The standard InChI is InChI=1S/C38H44N8O8/c1-22(47)31(43-36(51)54-2)34(48)44-17-3-6-29(44)32-39-20-27(41-32)25-12-8-23(9-13-25)24-10-14-26(15-11-24)28-21-40-33(42-28)30-7-4-18-45(30)37(52)46-19-5-16-38(46,53)35(49)50/h8-15,20-22,29-31,47,53H,3-7,16-19H2,1-2H3,(H,39,41)(H,40,42)(H,43,51)(H,49,50)/t22-,29+,30+,31+,38?/m1/s1. The van der Waals surface area contributed by atoms with Crippen LogP contribution in [0.4, 0.5) is 9.59 Å². The molecule has 3 aliphatic rings. The Labute approximate surface area is 311 Å². The number of methoxy groups -OCH3 is 1. The number of nitrogens with zero attached hydrogens (tertiary/aromatic N) is 5. The van der Waals surface area contributed by atoms with Crippen molar-refractivity contribution in [3.63, 3.8) is 0 Å². The number of hydrogen-bond donors (Lipinski definition) is 6. The molecule has 284 valence electrons. The van der Waals surface area contributed by atoms with Gasteiger partial charge in [-0.1, -0.05) is 48.5 Å². The van der Waals surface area contributed by atoms with Crippen molar-refractivity contribution in [1.82, 2.24) is 40.0 Å². The van der Waals surface area contributed by atoms with Crippen molar-refractivity contribution >= 4 is 24.0 Å². The molecule has 1 unspecified atom stereocenters. The maximum atomic E-state index is 13.4. The third-order valence-corrected chi connectivity index (χ3v) is 10.7. The van der Waals surface area contributed by atoms with Crippen molar-refractivity contribution in [2.24, 2.45) is 0 Å². The van der Waals surface area contributed by atoms with Gasteiger partial charge in [0.15, 0.2) is 0 Å². The highest BCUT2D eigenvalue weighted by Crippen LogP contribution is 2.37. The molecule has 0 spiro atoms. The number of carbonyl (C=O) groups is 4. The third kappa shape index (κ3) is 6.89. The lowest BCUT2D eigenvalue weighted by Crippen LogP contribution is -2.56. The number of imidazole rings is 2. The normalized spacial score (nSPS) is 22.3. The summed E-state index contributed by atoms with van der Waals surface area (Å²) in [4.78, 5) is 70.5. The van der Waals surface area contributed by atoms with Crippen molar-refractivity contribution < 1.29 is 39.2 Å². The monoisotopic (exact) mass is 740 g/mol. The zero-order valence-electron chi connectivity index (χ0n) is 30.1. The van der Waals surface area contributed by atoms with E-state index in [4.69, 9.17) is 0 Å². The molecule has 2 aromatic carbocycles. The highest BCUT2D eigenvalue weighted by atomic mass is 16.5. The van der Waals surface area contributed by atoms with Crippen LogP contribution in [0.5, 0.6) is 0 Å². The number of alkyl carbamates (subject to hydrolysis) is 1. The van der Waals surface area contributed by atoms with E-state index in [1.807, 2.05) is 48.5 Å². The van der Waals surface area contributed by atoms with Crippen LogP contribution in [0, 0.1) is 0 Å². The summed E-state index contributed by atoms with van der Waals surface area (Å²) in [7, 11) is 1.20. The molecule has 4 amide bonds. The Morgan fingerprint density at radius 3 is 1.81 bits per heavy atom. The zero-order valence-corrected chi connectivity index (χ0v) is 30.1. The van der Waals surface area contributed by atoms with Gasteiger partial charge in [0.05, 0.1) is 49.1 Å². The number of aliphatic carboxylic acids is 1. The number of benzene rings is 2. The molecule has 3 aliphatic heterocycles. The molecule has 4 aromatic rings. The third-order valence-electron chi connectivity index (χ3n) is 10.7. The van der Waals surface area contributed by atoms with Crippen LogP contribution in [-0.4, -0.2) is 119 Å². The van der Waals surface area contributed by atoms with Gasteiger partial charge in [0.1, 0.15) is 17.7 Å². The smallest absolute Gasteiger partial charge is 0.407 e. The van der Waals surface area contributed by atoms with E-state index < -0.39 is 41.9 Å². The zero-order chi connectivity index (χ0) is 38.1. The van der Waals surface area contributed by atoms with Gasteiger partial charge < -0.3 is 45.1 Å². The van der Waals surface area contributed by atoms with Gasteiger partial charge in [0.2, 0.25) is 11.6 Å². The van der Waals surface area contributed by atoms with Crippen LogP contribution >= 0.6 is 0 Å². The minimum atomic E-state index is -2.19. The van der Waals surface area contributed by atoms with Crippen LogP contribution in [0.3, 0.4) is 0 Å². The SMILES string of the molecule is COC(=O)N[C@H](C(=O)N1CCC[C@H]1c1ncc(-c2ccc(-c3ccc(-c4cnc([C@@H]5CCCN5C(=O)N5CCCC5(O)C(=O)O)[nH]4)cc3)cc2)[nH]1)[C@@H](C)O. The van der Waals surface area contributed by atoms with Crippen LogP contribution in [0.15, 0.2) is 60.9 Å². The number of likely N-dealkylation sites (tertiary alicyclic amines) is 3. The molecule has 54 heavy (non-hydrogen) atoms. The molecule has 16 heteroatoms. The largest absolute Gasteiger partial charge is 0.478 e. The number of aliphatic hydroxyl groups excluding tert-OH is 1. The highest BCUT2D eigenvalue weighted by Gasteiger charge is 2.51. The molecule has 3 fully saturated rings. The lowest BCUT2D eigenvalue weighted by Gasteiger charge is -2.34. The second kappa shape index (κ2) is 14.9. The number of amides is 4. The van der Waals surface area contributed by atoms with Gasteiger partial charge in [0, 0.05) is 26.1 Å². The molecule has 0 radical (unpaired) electrons. The van der Waals surface area contributed by atoms with E-state index in [0.29, 0.717) is 44.0 Å².